The lowest BCUT2D eigenvalue weighted by atomic mass is 10.2. The number of rotatable bonds is 1. The third kappa shape index (κ3) is 2.48. The smallest absolute Gasteiger partial charge is 0.410 e. The van der Waals surface area contributed by atoms with Crippen molar-refractivity contribution in [1.82, 2.24) is 9.88 Å². The van der Waals surface area contributed by atoms with Gasteiger partial charge in [-0.05, 0) is 39.5 Å². The van der Waals surface area contributed by atoms with Crippen molar-refractivity contribution in [3.63, 3.8) is 0 Å². The molecule has 1 aliphatic heterocycles. The van der Waals surface area contributed by atoms with Crippen LogP contribution in [0.2, 0.25) is 0 Å². The number of nitrogens with zero attached hydrogens (tertiary/aromatic N) is 2. The number of fused-ring (bicyclic) bond motifs is 1. The van der Waals surface area contributed by atoms with Crippen molar-refractivity contribution in [2.75, 3.05) is 13.1 Å². The summed E-state index contributed by atoms with van der Waals surface area (Å²) in [5.41, 5.74) is 0.816. The van der Waals surface area contributed by atoms with E-state index in [2.05, 4.69) is 10.4 Å². The molecule has 0 unspecified atom stereocenters. The molecule has 2 heterocycles. The average Bonchev–Trinajstić information content (AvgIpc) is 2.67. The summed E-state index contributed by atoms with van der Waals surface area (Å²) >= 11 is 1.71. The standard InChI is InChI=1S/C14H20N2O2S/c1-8-15-11(7-19-8)12-9-5-16(6-10(9)12)13(17)18-14(2,3)4/h7,9-10,12H,5-6H2,1-4H3/t9-,10+,12+. The van der Waals surface area contributed by atoms with Gasteiger partial charge in [0.05, 0.1) is 10.7 Å². The zero-order chi connectivity index (χ0) is 13.8. The Morgan fingerprint density at radius 2 is 2.05 bits per heavy atom. The number of aryl methyl sites for hydroxylation is 1. The highest BCUT2D eigenvalue weighted by Crippen LogP contribution is 2.58. The van der Waals surface area contributed by atoms with Crippen LogP contribution in [0, 0.1) is 18.8 Å². The third-order valence-corrected chi connectivity index (χ3v) is 4.62. The van der Waals surface area contributed by atoms with E-state index in [1.807, 2.05) is 32.6 Å². The van der Waals surface area contributed by atoms with Crippen LogP contribution in [0.1, 0.15) is 37.4 Å². The molecule has 1 aliphatic carbocycles. The maximum atomic E-state index is 12.0. The van der Waals surface area contributed by atoms with E-state index in [0.717, 1.165) is 18.1 Å². The van der Waals surface area contributed by atoms with E-state index in [1.54, 1.807) is 11.3 Å². The van der Waals surface area contributed by atoms with Crippen LogP contribution in [0.5, 0.6) is 0 Å². The molecule has 0 bridgehead atoms. The van der Waals surface area contributed by atoms with Gasteiger partial charge in [-0.25, -0.2) is 9.78 Å². The minimum Gasteiger partial charge on any atom is -0.444 e. The summed E-state index contributed by atoms with van der Waals surface area (Å²) in [5, 5.41) is 3.29. The van der Waals surface area contributed by atoms with Crippen LogP contribution in [0.4, 0.5) is 4.79 Å². The van der Waals surface area contributed by atoms with E-state index < -0.39 is 5.60 Å². The summed E-state index contributed by atoms with van der Waals surface area (Å²) in [7, 11) is 0. The molecule has 1 saturated heterocycles. The number of hydrogen-bond donors (Lipinski definition) is 0. The van der Waals surface area contributed by atoms with Gasteiger partial charge in [-0.2, -0.15) is 0 Å². The fourth-order valence-corrected chi connectivity index (χ4v) is 3.63. The van der Waals surface area contributed by atoms with Crippen molar-refractivity contribution in [3.8, 4) is 0 Å². The molecule has 104 valence electrons. The Bertz CT molecular complexity index is 494. The highest BCUT2D eigenvalue weighted by molar-refractivity contribution is 7.09. The Morgan fingerprint density at radius 1 is 1.42 bits per heavy atom. The van der Waals surface area contributed by atoms with Gasteiger partial charge >= 0.3 is 6.09 Å². The van der Waals surface area contributed by atoms with Gasteiger partial charge in [-0.15, -0.1) is 11.3 Å². The highest BCUT2D eigenvalue weighted by atomic mass is 32.1. The molecule has 3 atom stereocenters. The van der Waals surface area contributed by atoms with Crippen molar-refractivity contribution in [2.45, 2.75) is 39.2 Å². The number of likely N-dealkylation sites (tertiary alicyclic amines) is 1. The minimum atomic E-state index is -0.407. The molecule has 2 aliphatic rings. The first kappa shape index (κ1) is 12.9. The van der Waals surface area contributed by atoms with Gasteiger partial charge in [0.25, 0.3) is 0 Å². The predicted octanol–water partition coefficient (Wildman–Crippen LogP) is 3.03. The first-order chi connectivity index (χ1) is 8.85. The zero-order valence-electron chi connectivity index (χ0n) is 11.8. The number of carbonyl (C=O) groups is 1. The summed E-state index contributed by atoms with van der Waals surface area (Å²) < 4.78 is 5.41. The first-order valence-corrected chi connectivity index (χ1v) is 7.63. The lowest BCUT2D eigenvalue weighted by molar-refractivity contribution is 0.0271. The summed E-state index contributed by atoms with van der Waals surface area (Å²) in [4.78, 5) is 18.4. The fraction of sp³-hybridized carbons (Fsp3) is 0.714. The molecule has 0 spiro atoms. The van der Waals surface area contributed by atoms with Crippen LogP contribution in [0.25, 0.3) is 0 Å². The molecule has 2 fully saturated rings. The zero-order valence-corrected chi connectivity index (χ0v) is 12.7. The van der Waals surface area contributed by atoms with Gasteiger partial charge in [0.1, 0.15) is 5.60 Å². The summed E-state index contributed by atoms with van der Waals surface area (Å²) in [5.74, 6) is 1.76. The minimum absolute atomic E-state index is 0.173. The second kappa shape index (κ2) is 4.20. The van der Waals surface area contributed by atoms with Crippen molar-refractivity contribution in [3.05, 3.63) is 16.1 Å². The molecule has 4 nitrogen and oxygen atoms in total. The number of carbonyl (C=O) groups excluding carboxylic acids is 1. The molecule has 1 amide bonds. The number of amides is 1. The molecule has 0 aromatic carbocycles. The second-order valence-corrected chi connectivity index (χ2v) is 7.59. The van der Waals surface area contributed by atoms with Gasteiger partial charge in [-0.3, -0.25) is 0 Å². The monoisotopic (exact) mass is 280 g/mol. The van der Waals surface area contributed by atoms with Gasteiger partial charge in [0, 0.05) is 24.4 Å². The Labute approximate surface area is 117 Å². The van der Waals surface area contributed by atoms with E-state index in [9.17, 15) is 4.79 Å². The average molecular weight is 280 g/mol. The fourth-order valence-electron chi connectivity index (χ4n) is 2.97. The Kier molecular flexibility index (Phi) is 2.85. The van der Waals surface area contributed by atoms with Crippen molar-refractivity contribution in [1.29, 1.82) is 0 Å². The Morgan fingerprint density at radius 3 is 2.53 bits per heavy atom. The summed E-state index contributed by atoms with van der Waals surface area (Å²) in [6.07, 6.45) is -0.173. The van der Waals surface area contributed by atoms with Gasteiger partial charge < -0.3 is 9.64 Å². The van der Waals surface area contributed by atoms with Crippen molar-refractivity contribution >= 4 is 17.4 Å². The van der Waals surface area contributed by atoms with E-state index in [-0.39, 0.29) is 6.09 Å². The molecule has 0 radical (unpaired) electrons. The Hall–Kier alpha value is -1.10. The Balaban J connectivity index is 1.57. The quantitative estimate of drug-likeness (QED) is 0.794. The third-order valence-electron chi connectivity index (χ3n) is 3.82. The van der Waals surface area contributed by atoms with Crippen LogP contribution in [0.3, 0.4) is 0 Å². The topological polar surface area (TPSA) is 42.4 Å². The molecular weight excluding hydrogens is 260 g/mol. The molecule has 3 rings (SSSR count). The maximum Gasteiger partial charge on any atom is 0.410 e. The maximum absolute atomic E-state index is 12.0. The largest absolute Gasteiger partial charge is 0.444 e. The highest BCUT2D eigenvalue weighted by Gasteiger charge is 2.58. The van der Waals surface area contributed by atoms with Crippen LogP contribution in [0.15, 0.2) is 5.38 Å². The van der Waals surface area contributed by atoms with E-state index >= 15 is 0 Å². The normalized spacial score (nSPS) is 29.3. The van der Waals surface area contributed by atoms with Crippen LogP contribution < -0.4 is 0 Å². The number of ether oxygens (including phenoxy) is 1. The SMILES string of the molecule is Cc1nc([C@H]2[C@@H]3CN(C(=O)OC(C)(C)C)C[C@@H]32)cs1. The first-order valence-electron chi connectivity index (χ1n) is 6.75. The van der Waals surface area contributed by atoms with Crippen LogP contribution in [-0.2, 0) is 4.74 Å². The lowest BCUT2D eigenvalue weighted by Gasteiger charge is -2.25. The van der Waals surface area contributed by atoms with Crippen molar-refractivity contribution < 1.29 is 9.53 Å². The second-order valence-electron chi connectivity index (χ2n) is 6.53. The number of hydrogen-bond acceptors (Lipinski definition) is 4. The number of aromatic nitrogens is 1. The predicted molar refractivity (Wildman–Crippen MR) is 74.4 cm³/mol. The molecule has 0 N–H and O–H groups in total. The molecule has 19 heavy (non-hydrogen) atoms. The van der Waals surface area contributed by atoms with Crippen LogP contribution >= 0.6 is 11.3 Å². The molecule has 1 aromatic rings. The molecular formula is C14H20N2O2S. The van der Waals surface area contributed by atoms with Crippen molar-refractivity contribution in [2.24, 2.45) is 11.8 Å². The molecule has 5 heteroatoms. The molecule has 1 aromatic heterocycles. The van der Waals surface area contributed by atoms with Gasteiger partial charge in [-0.1, -0.05) is 0 Å². The molecule has 1 saturated carbocycles. The summed E-state index contributed by atoms with van der Waals surface area (Å²) in [6, 6.07) is 0. The van der Waals surface area contributed by atoms with E-state index in [4.69, 9.17) is 4.74 Å². The number of thiazole rings is 1. The van der Waals surface area contributed by atoms with Crippen LogP contribution in [-0.4, -0.2) is 34.7 Å². The van der Waals surface area contributed by atoms with E-state index in [1.165, 1.54) is 5.69 Å². The lowest BCUT2D eigenvalue weighted by Crippen LogP contribution is -2.36. The number of piperidine rings is 1. The van der Waals surface area contributed by atoms with Gasteiger partial charge in [0.2, 0.25) is 0 Å². The van der Waals surface area contributed by atoms with Gasteiger partial charge in [0.15, 0.2) is 0 Å². The van der Waals surface area contributed by atoms with E-state index in [0.29, 0.717) is 17.8 Å². The summed E-state index contributed by atoms with van der Waals surface area (Å²) in [6.45, 7) is 9.40.